The first-order chi connectivity index (χ1) is 22.5. The molecule has 0 unspecified atom stereocenters. The van der Waals surface area contributed by atoms with Crippen LogP contribution in [0, 0.1) is 0 Å². The zero-order valence-corrected chi connectivity index (χ0v) is 26.5. The lowest BCUT2D eigenvalue weighted by molar-refractivity contribution is 0.0780. The summed E-state index contributed by atoms with van der Waals surface area (Å²) in [5, 5.41) is 21.9. The Labute approximate surface area is 269 Å². The molecule has 2 aromatic rings. The van der Waals surface area contributed by atoms with Crippen LogP contribution >= 0.6 is 0 Å². The number of fused-ring (bicyclic) bond motifs is 6. The van der Waals surface area contributed by atoms with Crippen LogP contribution < -0.4 is 18.9 Å². The summed E-state index contributed by atoms with van der Waals surface area (Å²) in [6.07, 6.45) is 9.57. The van der Waals surface area contributed by atoms with E-state index in [1.54, 1.807) is 14.2 Å². The van der Waals surface area contributed by atoms with Crippen LogP contribution in [0.4, 0.5) is 0 Å². The normalized spacial score (nSPS) is 34.4. The van der Waals surface area contributed by atoms with Crippen molar-refractivity contribution < 1.29 is 38.6 Å². The van der Waals surface area contributed by atoms with Gasteiger partial charge in [0.2, 0.25) is 13.6 Å². The number of aliphatic hydroxyl groups excluding tert-OH is 2. The molecule has 0 radical (unpaired) electrons. The molecule has 0 amide bonds. The molecule has 2 aromatic carbocycles. The van der Waals surface area contributed by atoms with E-state index in [9.17, 15) is 10.2 Å². The Morgan fingerprint density at radius 1 is 0.630 bits per heavy atom. The predicted octanol–water partition coefficient (Wildman–Crippen LogP) is 3.59. The standard InChI is InChI=1S/2C18H21NO4/c2*1-21-15-9-18-4-2-5-19(18)6-3-11-7-13-14(23-10-22-13)8-12(11)16(18)17(15)20/h2*7-9,16-17,20H,2-6,10H2,1H3/t2*16-,17-,18+/m11/s1. The molecule has 2 aliphatic carbocycles. The molecule has 0 aromatic heterocycles. The van der Waals surface area contributed by atoms with Gasteiger partial charge in [0, 0.05) is 24.9 Å². The Morgan fingerprint density at radius 3 is 1.46 bits per heavy atom. The first kappa shape index (κ1) is 28.8. The van der Waals surface area contributed by atoms with E-state index in [0.29, 0.717) is 11.5 Å². The third-order valence-corrected chi connectivity index (χ3v) is 12.0. The van der Waals surface area contributed by atoms with Crippen molar-refractivity contribution in [3.63, 3.8) is 0 Å². The molecule has 6 aliphatic heterocycles. The van der Waals surface area contributed by atoms with E-state index in [0.717, 1.165) is 87.7 Å². The van der Waals surface area contributed by atoms with E-state index in [1.807, 2.05) is 0 Å². The molecule has 6 heterocycles. The number of hydrogen-bond donors (Lipinski definition) is 2. The molecule has 0 saturated carbocycles. The Balaban J connectivity index is 0.000000127. The zero-order chi connectivity index (χ0) is 31.2. The van der Waals surface area contributed by atoms with Gasteiger partial charge in [-0.3, -0.25) is 9.80 Å². The topological polar surface area (TPSA) is 102 Å². The summed E-state index contributed by atoms with van der Waals surface area (Å²) in [6.45, 7) is 4.73. The fourth-order valence-electron chi connectivity index (χ4n) is 9.99. The lowest BCUT2D eigenvalue weighted by Crippen LogP contribution is -2.46. The van der Waals surface area contributed by atoms with E-state index in [-0.39, 0.29) is 36.5 Å². The lowest BCUT2D eigenvalue weighted by Gasteiger charge is -2.38. The fraction of sp³-hybridized carbons (Fsp3) is 0.556. The molecule has 10 heteroatoms. The van der Waals surface area contributed by atoms with Crippen molar-refractivity contribution in [1.29, 1.82) is 0 Å². The Hall–Kier alpha value is -3.44. The zero-order valence-electron chi connectivity index (χ0n) is 26.5. The van der Waals surface area contributed by atoms with Crippen molar-refractivity contribution in [3.05, 3.63) is 70.2 Å². The van der Waals surface area contributed by atoms with Gasteiger partial charge in [-0.25, -0.2) is 0 Å². The number of benzene rings is 2. The summed E-state index contributed by atoms with van der Waals surface area (Å²) in [7, 11) is 3.30. The van der Waals surface area contributed by atoms with Crippen molar-refractivity contribution in [2.45, 2.75) is 73.6 Å². The average molecular weight is 631 g/mol. The van der Waals surface area contributed by atoms with Gasteiger partial charge in [0.25, 0.3) is 0 Å². The summed E-state index contributed by atoms with van der Waals surface area (Å²) in [5.41, 5.74) is 4.66. The monoisotopic (exact) mass is 630 g/mol. The van der Waals surface area contributed by atoms with E-state index >= 15 is 0 Å². The van der Waals surface area contributed by atoms with Crippen molar-refractivity contribution in [2.24, 2.45) is 0 Å². The molecule has 2 saturated heterocycles. The number of hydrogen-bond acceptors (Lipinski definition) is 10. The number of methoxy groups -OCH3 is 2. The second-order valence-corrected chi connectivity index (χ2v) is 13.8. The molecular weight excluding hydrogens is 588 g/mol. The summed E-state index contributed by atoms with van der Waals surface area (Å²) in [6, 6.07) is 8.37. The minimum atomic E-state index is -0.599. The van der Waals surface area contributed by atoms with Crippen LogP contribution in [-0.4, -0.2) is 97.3 Å². The van der Waals surface area contributed by atoms with Gasteiger partial charge < -0.3 is 38.6 Å². The molecule has 0 bridgehead atoms. The molecule has 244 valence electrons. The number of ether oxygens (including phenoxy) is 6. The SMILES string of the molecule is COC1=C[C@]23CCCN2CCc2cc4c(cc2[C@@H]3[C@@H]1O)OCO4.COC1=C[C@]23CCCN2CCc2cc4c(cc2[C@@H]3[C@@H]1O)OCO4. The van der Waals surface area contributed by atoms with Crippen LogP contribution in [0.5, 0.6) is 23.0 Å². The number of nitrogens with zero attached hydrogens (tertiary/aromatic N) is 2. The van der Waals surface area contributed by atoms with Crippen LogP contribution in [0.2, 0.25) is 0 Å². The van der Waals surface area contributed by atoms with Crippen LogP contribution in [0.1, 0.15) is 59.8 Å². The molecule has 10 rings (SSSR count). The predicted molar refractivity (Wildman–Crippen MR) is 167 cm³/mol. The van der Waals surface area contributed by atoms with Gasteiger partial charge in [-0.15, -0.1) is 0 Å². The smallest absolute Gasteiger partial charge is 0.231 e. The lowest BCUT2D eigenvalue weighted by atomic mass is 9.78. The quantitative estimate of drug-likeness (QED) is 0.512. The van der Waals surface area contributed by atoms with Crippen molar-refractivity contribution in [2.75, 3.05) is 54.0 Å². The van der Waals surface area contributed by atoms with Gasteiger partial charge in [0.15, 0.2) is 23.0 Å². The molecule has 10 nitrogen and oxygen atoms in total. The van der Waals surface area contributed by atoms with Crippen molar-refractivity contribution in [3.8, 4) is 23.0 Å². The Bertz CT molecular complexity index is 1520. The highest BCUT2D eigenvalue weighted by Crippen LogP contribution is 2.56. The average Bonchev–Trinajstić information content (AvgIpc) is 3.91. The highest BCUT2D eigenvalue weighted by atomic mass is 16.7. The maximum Gasteiger partial charge on any atom is 0.231 e. The van der Waals surface area contributed by atoms with Crippen molar-refractivity contribution in [1.82, 2.24) is 9.80 Å². The third-order valence-electron chi connectivity index (χ3n) is 12.0. The van der Waals surface area contributed by atoms with Crippen molar-refractivity contribution >= 4 is 0 Å². The minimum Gasteiger partial charge on any atom is -0.499 e. The molecule has 46 heavy (non-hydrogen) atoms. The van der Waals surface area contributed by atoms with Gasteiger partial charge in [-0.05, 0) is 110 Å². The first-order valence-electron chi connectivity index (χ1n) is 16.7. The summed E-state index contributed by atoms with van der Waals surface area (Å²) in [4.78, 5) is 5.06. The summed E-state index contributed by atoms with van der Waals surface area (Å²) < 4.78 is 33.2. The first-order valence-corrected chi connectivity index (χ1v) is 16.7. The van der Waals surface area contributed by atoms with Crippen LogP contribution in [0.15, 0.2) is 47.9 Å². The third kappa shape index (κ3) is 3.96. The largest absolute Gasteiger partial charge is 0.499 e. The van der Waals surface area contributed by atoms with Crippen LogP contribution in [-0.2, 0) is 22.3 Å². The summed E-state index contributed by atoms with van der Waals surface area (Å²) in [5.74, 6) is 4.66. The second kappa shape index (κ2) is 10.5. The van der Waals surface area contributed by atoms with Crippen LogP contribution in [0.25, 0.3) is 0 Å². The maximum atomic E-state index is 11.0. The molecular formula is C36H42N2O8. The molecule has 2 fully saturated rings. The Morgan fingerprint density at radius 2 is 1.04 bits per heavy atom. The van der Waals surface area contributed by atoms with Gasteiger partial charge in [-0.1, -0.05) is 0 Å². The number of rotatable bonds is 2. The van der Waals surface area contributed by atoms with Crippen LogP contribution in [0.3, 0.4) is 0 Å². The van der Waals surface area contributed by atoms with Gasteiger partial charge in [0.1, 0.15) is 23.7 Å². The molecule has 8 aliphatic rings. The van der Waals surface area contributed by atoms with E-state index in [4.69, 9.17) is 28.4 Å². The number of aliphatic hydroxyl groups is 2. The maximum absolute atomic E-state index is 11.0. The highest BCUT2D eigenvalue weighted by molar-refractivity contribution is 5.55. The Kier molecular flexibility index (Phi) is 6.59. The van der Waals surface area contributed by atoms with Gasteiger partial charge in [-0.2, -0.15) is 0 Å². The minimum absolute atomic E-state index is 0.00644. The molecule has 2 N–H and O–H groups in total. The summed E-state index contributed by atoms with van der Waals surface area (Å²) >= 11 is 0. The molecule has 2 spiro atoms. The highest BCUT2D eigenvalue weighted by Gasteiger charge is 2.57. The fourth-order valence-corrected chi connectivity index (χ4v) is 9.99. The van der Waals surface area contributed by atoms with E-state index in [1.165, 1.54) is 22.3 Å². The van der Waals surface area contributed by atoms with E-state index in [2.05, 4.69) is 46.2 Å². The van der Waals surface area contributed by atoms with E-state index < -0.39 is 12.2 Å². The second-order valence-electron chi connectivity index (χ2n) is 13.8. The molecule has 6 atom stereocenters. The van der Waals surface area contributed by atoms with Gasteiger partial charge in [0.05, 0.1) is 25.3 Å². The van der Waals surface area contributed by atoms with Gasteiger partial charge >= 0.3 is 0 Å².